The lowest BCUT2D eigenvalue weighted by Crippen LogP contribution is -2.33. The molecule has 14 heavy (non-hydrogen) atoms. The van der Waals surface area contributed by atoms with Crippen molar-refractivity contribution in [1.82, 2.24) is 0 Å². The van der Waals surface area contributed by atoms with Crippen molar-refractivity contribution < 1.29 is 0 Å². The Morgan fingerprint density at radius 2 is 1.71 bits per heavy atom. The van der Waals surface area contributed by atoms with E-state index in [1.165, 1.54) is 32.1 Å². The molecule has 0 heterocycles. The van der Waals surface area contributed by atoms with Gasteiger partial charge in [0.15, 0.2) is 0 Å². The van der Waals surface area contributed by atoms with Crippen LogP contribution in [0.1, 0.15) is 58.3 Å². The summed E-state index contributed by atoms with van der Waals surface area (Å²) >= 11 is 0. The molecule has 2 atom stereocenters. The van der Waals surface area contributed by atoms with Crippen LogP contribution in [0.25, 0.3) is 0 Å². The molecule has 2 unspecified atom stereocenters. The van der Waals surface area contributed by atoms with Crippen molar-refractivity contribution in [2.24, 2.45) is 17.4 Å². The monoisotopic (exact) mass is 198 g/mol. The summed E-state index contributed by atoms with van der Waals surface area (Å²) in [6.07, 6.45) is 10.2. The zero-order valence-electron chi connectivity index (χ0n) is 9.54. The molecule has 1 aliphatic rings. The highest BCUT2D eigenvalue weighted by atomic mass is 14.7. The van der Waals surface area contributed by atoms with Gasteiger partial charge in [0.05, 0.1) is 0 Å². The zero-order chi connectivity index (χ0) is 10.4. The van der Waals surface area contributed by atoms with Crippen LogP contribution in [0, 0.1) is 5.92 Å². The minimum Gasteiger partial charge on any atom is -0.328 e. The zero-order valence-corrected chi connectivity index (χ0v) is 9.54. The summed E-state index contributed by atoms with van der Waals surface area (Å²) in [6.45, 7) is 2.15. The minimum absolute atomic E-state index is 0.365. The fraction of sp³-hybridized carbons (Fsp3) is 1.00. The van der Waals surface area contributed by atoms with E-state index in [-0.39, 0.29) is 0 Å². The molecule has 84 valence electrons. The molecule has 0 saturated heterocycles. The van der Waals surface area contributed by atoms with Crippen LogP contribution in [-0.4, -0.2) is 12.1 Å². The number of rotatable bonds is 5. The molecular weight excluding hydrogens is 172 g/mol. The molecule has 0 radical (unpaired) electrons. The first-order chi connectivity index (χ1) is 6.74. The second-order valence-electron chi connectivity index (χ2n) is 4.81. The lowest BCUT2D eigenvalue weighted by atomic mass is 9.82. The van der Waals surface area contributed by atoms with Crippen molar-refractivity contribution in [3.05, 3.63) is 0 Å². The molecule has 1 rings (SSSR count). The third kappa shape index (κ3) is 3.97. The van der Waals surface area contributed by atoms with E-state index in [9.17, 15) is 0 Å². The summed E-state index contributed by atoms with van der Waals surface area (Å²) in [5.41, 5.74) is 12.1. The molecule has 1 aliphatic carbocycles. The quantitative estimate of drug-likeness (QED) is 0.713. The fourth-order valence-corrected chi connectivity index (χ4v) is 2.41. The van der Waals surface area contributed by atoms with Crippen LogP contribution in [0.3, 0.4) is 0 Å². The maximum atomic E-state index is 6.20. The summed E-state index contributed by atoms with van der Waals surface area (Å²) < 4.78 is 0. The highest BCUT2D eigenvalue weighted by Gasteiger charge is 2.20. The molecule has 0 aromatic carbocycles. The van der Waals surface area contributed by atoms with Crippen molar-refractivity contribution in [2.45, 2.75) is 70.4 Å². The van der Waals surface area contributed by atoms with Crippen molar-refractivity contribution in [3.8, 4) is 0 Å². The molecule has 2 nitrogen and oxygen atoms in total. The Kier molecular flexibility index (Phi) is 5.49. The van der Waals surface area contributed by atoms with E-state index >= 15 is 0 Å². The summed E-state index contributed by atoms with van der Waals surface area (Å²) in [6, 6.07) is 0.776. The van der Waals surface area contributed by atoms with Crippen LogP contribution >= 0.6 is 0 Å². The van der Waals surface area contributed by atoms with E-state index in [4.69, 9.17) is 11.5 Å². The SMILES string of the molecule is CCC(N)CCC(N)C1CCCCC1. The van der Waals surface area contributed by atoms with Gasteiger partial charge in [0, 0.05) is 12.1 Å². The van der Waals surface area contributed by atoms with Gasteiger partial charge >= 0.3 is 0 Å². The van der Waals surface area contributed by atoms with Gasteiger partial charge in [-0.05, 0) is 38.0 Å². The lowest BCUT2D eigenvalue weighted by molar-refractivity contribution is 0.287. The van der Waals surface area contributed by atoms with Crippen molar-refractivity contribution in [2.75, 3.05) is 0 Å². The second-order valence-corrected chi connectivity index (χ2v) is 4.81. The van der Waals surface area contributed by atoms with Gasteiger partial charge in [-0.25, -0.2) is 0 Å². The highest BCUT2D eigenvalue weighted by molar-refractivity contribution is 4.77. The molecule has 1 saturated carbocycles. The predicted octanol–water partition coefficient (Wildman–Crippen LogP) is 2.41. The van der Waals surface area contributed by atoms with Crippen LogP contribution in [-0.2, 0) is 0 Å². The van der Waals surface area contributed by atoms with E-state index < -0.39 is 0 Å². The molecule has 0 amide bonds. The maximum Gasteiger partial charge on any atom is 0.00677 e. The van der Waals surface area contributed by atoms with Gasteiger partial charge in [-0.15, -0.1) is 0 Å². The van der Waals surface area contributed by atoms with Gasteiger partial charge in [-0.2, -0.15) is 0 Å². The van der Waals surface area contributed by atoms with Crippen molar-refractivity contribution >= 4 is 0 Å². The fourth-order valence-electron chi connectivity index (χ4n) is 2.41. The molecule has 0 bridgehead atoms. The Morgan fingerprint density at radius 3 is 2.29 bits per heavy atom. The van der Waals surface area contributed by atoms with Crippen LogP contribution < -0.4 is 11.5 Å². The first kappa shape index (κ1) is 12.0. The summed E-state index contributed by atoms with van der Waals surface area (Å²) in [7, 11) is 0. The Hall–Kier alpha value is -0.0800. The van der Waals surface area contributed by atoms with E-state index in [0.29, 0.717) is 12.1 Å². The van der Waals surface area contributed by atoms with E-state index in [2.05, 4.69) is 6.92 Å². The predicted molar refractivity (Wildman–Crippen MR) is 62.1 cm³/mol. The molecular formula is C12H26N2. The maximum absolute atomic E-state index is 6.20. The van der Waals surface area contributed by atoms with E-state index in [1.54, 1.807) is 0 Å². The van der Waals surface area contributed by atoms with Gasteiger partial charge in [-0.1, -0.05) is 26.2 Å². The van der Waals surface area contributed by atoms with Gasteiger partial charge in [-0.3, -0.25) is 0 Å². The number of hydrogen-bond donors (Lipinski definition) is 2. The van der Waals surface area contributed by atoms with Gasteiger partial charge in [0.25, 0.3) is 0 Å². The lowest BCUT2D eigenvalue weighted by Gasteiger charge is -2.28. The van der Waals surface area contributed by atoms with Gasteiger partial charge < -0.3 is 11.5 Å². The number of hydrogen-bond acceptors (Lipinski definition) is 2. The number of nitrogens with two attached hydrogens (primary N) is 2. The summed E-state index contributed by atoms with van der Waals surface area (Å²) in [4.78, 5) is 0. The van der Waals surface area contributed by atoms with Crippen LogP contribution in [0.2, 0.25) is 0 Å². The normalized spacial score (nSPS) is 23.4. The minimum atomic E-state index is 0.365. The largest absolute Gasteiger partial charge is 0.328 e. The Morgan fingerprint density at radius 1 is 1.07 bits per heavy atom. The summed E-state index contributed by atoms with van der Waals surface area (Å²) in [5, 5.41) is 0. The smallest absolute Gasteiger partial charge is 0.00677 e. The average molecular weight is 198 g/mol. The first-order valence-electron chi connectivity index (χ1n) is 6.25. The topological polar surface area (TPSA) is 52.0 Å². The molecule has 1 fully saturated rings. The molecule has 0 spiro atoms. The van der Waals surface area contributed by atoms with E-state index in [1.807, 2.05) is 0 Å². The molecule has 0 aromatic heterocycles. The Labute approximate surface area is 88.4 Å². The van der Waals surface area contributed by atoms with Crippen molar-refractivity contribution in [3.63, 3.8) is 0 Å². The second kappa shape index (κ2) is 6.41. The standard InChI is InChI=1S/C12H26N2/c1-2-11(13)8-9-12(14)10-6-4-3-5-7-10/h10-12H,2-9,13-14H2,1H3. The first-order valence-corrected chi connectivity index (χ1v) is 6.25. The summed E-state index contributed by atoms with van der Waals surface area (Å²) in [5.74, 6) is 0.785. The van der Waals surface area contributed by atoms with Crippen LogP contribution in [0.4, 0.5) is 0 Å². The third-order valence-corrected chi connectivity index (χ3v) is 3.65. The molecule has 4 N–H and O–H groups in total. The average Bonchev–Trinajstić information content (AvgIpc) is 2.26. The van der Waals surface area contributed by atoms with Gasteiger partial charge in [0.2, 0.25) is 0 Å². The van der Waals surface area contributed by atoms with Crippen molar-refractivity contribution in [1.29, 1.82) is 0 Å². The molecule has 0 aliphatic heterocycles. The molecule has 2 heteroatoms. The van der Waals surface area contributed by atoms with E-state index in [0.717, 1.165) is 25.2 Å². The highest BCUT2D eigenvalue weighted by Crippen LogP contribution is 2.27. The third-order valence-electron chi connectivity index (χ3n) is 3.65. The van der Waals surface area contributed by atoms with Gasteiger partial charge in [0.1, 0.15) is 0 Å². The molecule has 0 aromatic rings. The van der Waals surface area contributed by atoms with Crippen LogP contribution in [0.15, 0.2) is 0 Å². The Bertz CT molecular complexity index is 141. The Balaban J connectivity index is 2.16. The van der Waals surface area contributed by atoms with Crippen LogP contribution in [0.5, 0.6) is 0 Å².